The third kappa shape index (κ3) is 4.67. The first-order valence-corrected chi connectivity index (χ1v) is 11.5. The molecule has 4 rings (SSSR count). The maximum Gasteiger partial charge on any atom is 0.319 e. The fraction of sp³-hybridized carbons (Fsp3) is 0.333. The average molecular weight is 474 g/mol. The van der Waals surface area contributed by atoms with E-state index < -0.39 is 11.4 Å². The Kier molecular flexibility index (Phi) is 6.44. The lowest BCUT2D eigenvalue weighted by atomic mass is 9.91. The number of amides is 3. The Morgan fingerprint density at radius 3 is 2.26 bits per heavy atom. The van der Waals surface area contributed by atoms with Gasteiger partial charge >= 0.3 is 6.03 Å². The number of benzene rings is 2. The molecular formula is C27H28FN5O2. The Balaban J connectivity index is 1.74. The van der Waals surface area contributed by atoms with Gasteiger partial charge in [-0.1, -0.05) is 24.3 Å². The number of rotatable bonds is 3. The fourth-order valence-electron chi connectivity index (χ4n) is 4.30. The van der Waals surface area contributed by atoms with Crippen LogP contribution in [0.25, 0.3) is 26.9 Å². The second kappa shape index (κ2) is 9.34. The van der Waals surface area contributed by atoms with Gasteiger partial charge in [-0.05, 0) is 23.8 Å². The van der Waals surface area contributed by atoms with Crippen molar-refractivity contribution in [3.63, 3.8) is 0 Å². The number of aromatic nitrogens is 1. The lowest BCUT2D eigenvalue weighted by Gasteiger charge is -2.36. The van der Waals surface area contributed by atoms with Crippen LogP contribution in [-0.4, -0.2) is 71.9 Å². The van der Waals surface area contributed by atoms with Crippen LogP contribution < -0.4 is 0 Å². The monoisotopic (exact) mass is 473 g/mol. The topological polar surface area (TPSA) is 61.1 Å². The van der Waals surface area contributed by atoms with Gasteiger partial charge in [0.25, 0.3) is 11.4 Å². The number of hydrogen-bond acceptors (Lipinski definition) is 3. The zero-order valence-electron chi connectivity index (χ0n) is 20.4. The summed E-state index contributed by atoms with van der Waals surface area (Å²) in [5.41, 5.74) is 2.51. The Bertz CT molecular complexity index is 1320. The third-order valence-corrected chi connectivity index (χ3v) is 6.44. The number of carbonyl (C=O) groups is 2. The molecule has 0 N–H and O–H groups in total. The molecule has 1 aliphatic rings. The highest BCUT2D eigenvalue weighted by Gasteiger charge is 2.29. The number of fused-ring (bicyclic) bond motifs is 1. The lowest BCUT2D eigenvalue weighted by Crippen LogP contribution is -2.52. The highest BCUT2D eigenvalue weighted by Crippen LogP contribution is 2.34. The Labute approximate surface area is 204 Å². The zero-order valence-corrected chi connectivity index (χ0v) is 20.4. The second-order valence-corrected chi connectivity index (χ2v) is 9.41. The molecule has 1 fully saturated rings. The van der Waals surface area contributed by atoms with E-state index in [9.17, 15) is 14.0 Å². The molecule has 0 saturated carbocycles. The highest BCUT2D eigenvalue weighted by atomic mass is 19.1. The Morgan fingerprint density at radius 2 is 1.66 bits per heavy atom. The number of hydrogen-bond donors (Lipinski definition) is 0. The van der Waals surface area contributed by atoms with Crippen molar-refractivity contribution < 1.29 is 14.0 Å². The van der Waals surface area contributed by atoms with Gasteiger partial charge < -0.3 is 19.5 Å². The molecule has 0 spiro atoms. The molecule has 180 valence electrons. The molecule has 35 heavy (non-hydrogen) atoms. The van der Waals surface area contributed by atoms with E-state index in [1.54, 1.807) is 36.2 Å². The summed E-state index contributed by atoms with van der Waals surface area (Å²) in [6.45, 7) is 12.8. The number of pyridine rings is 1. The molecule has 3 aromatic rings. The van der Waals surface area contributed by atoms with Crippen molar-refractivity contribution >= 4 is 22.8 Å². The predicted octanol–water partition coefficient (Wildman–Crippen LogP) is 4.63. The van der Waals surface area contributed by atoms with E-state index in [-0.39, 0.29) is 11.9 Å². The number of halogens is 1. The summed E-state index contributed by atoms with van der Waals surface area (Å²) in [5, 5.41) is 0.550. The summed E-state index contributed by atoms with van der Waals surface area (Å²) in [7, 11) is 3.41. The molecule has 1 saturated heterocycles. The molecule has 7 nitrogen and oxygen atoms in total. The molecule has 1 aliphatic heterocycles. The molecule has 0 atom stereocenters. The van der Waals surface area contributed by atoms with Crippen LogP contribution in [0.2, 0.25) is 0 Å². The van der Waals surface area contributed by atoms with Gasteiger partial charge in [-0.2, -0.15) is 0 Å². The predicted molar refractivity (Wildman–Crippen MR) is 133 cm³/mol. The quantitative estimate of drug-likeness (QED) is 0.521. The van der Waals surface area contributed by atoms with E-state index in [1.165, 1.54) is 17.0 Å². The number of piperazine rings is 1. The normalized spacial score (nSPS) is 14.1. The molecule has 3 amide bonds. The van der Waals surface area contributed by atoms with E-state index >= 15 is 0 Å². The van der Waals surface area contributed by atoms with Crippen LogP contribution in [0.5, 0.6) is 0 Å². The van der Waals surface area contributed by atoms with Crippen LogP contribution in [0, 0.1) is 12.4 Å². The maximum atomic E-state index is 14.3. The molecule has 0 aliphatic carbocycles. The van der Waals surface area contributed by atoms with Crippen molar-refractivity contribution in [3.05, 3.63) is 77.0 Å². The van der Waals surface area contributed by atoms with Gasteiger partial charge in [-0.15, -0.1) is 0 Å². The standard InChI is InChI=1S/C27H28FN5O2/c1-27(2,29-3)19-8-6-18(7-9-19)24-21-16-20(28)10-11-23(21)30-17-22(24)25(34)32-12-14-33(15-13-32)26(35)31(4)5/h6-11,16-17H,12-15H2,1-2,4-5H3. The van der Waals surface area contributed by atoms with Crippen LogP contribution in [0.4, 0.5) is 9.18 Å². The summed E-state index contributed by atoms with van der Waals surface area (Å²) < 4.78 is 14.3. The first-order chi connectivity index (χ1) is 16.6. The zero-order chi connectivity index (χ0) is 25.3. The summed E-state index contributed by atoms with van der Waals surface area (Å²) in [4.78, 5) is 39.0. The van der Waals surface area contributed by atoms with Gasteiger partial charge in [0, 0.05) is 76.8 Å². The summed E-state index contributed by atoms with van der Waals surface area (Å²) in [6.07, 6.45) is 1.55. The van der Waals surface area contributed by atoms with Crippen LogP contribution in [0.3, 0.4) is 0 Å². The second-order valence-electron chi connectivity index (χ2n) is 9.41. The number of nitrogens with zero attached hydrogens (tertiary/aromatic N) is 5. The molecule has 0 bridgehead atoms. The van der Waals surface area contributed by atoms with Crippen molar-refractivity contribution in [2.24, 2.45) is 0 Å². The summed E-state index contributed by atoms with van der Waals surface area (Å²) >= 11 is 0. The SMILES string of the molecule is [C-]#[N+]C(C)(C)c1ccc(-c2c(C(=O)N3CCN(C(=O)N(C)C)CC3)cnc3ccc(F)cc23)cc1. The van der Waals surface area contributed by atoms with Crippen LogP contribution in [-0.2, 0) is 5.54 Å². The molecule has 2 heterocycles. The molecular weight excluding hydrogens is 445 g/mol. The maximum absolute atomic E-state index is 14.3. The van der Waals surface area contributed by atoms with Crippen molar-refractivity contribution in [1.82, 2.24) is 19.7 Å². The van der Waals surface area contributed by atoms with Crippen LogP contribution in [0.15, 0.2) is 48.7 Å². The molecule has 0 radical (unpaired) electrons. The first kappa shape index (κ1) is 24.1. The minimum atomic E-state index is -0.673. The minimum Gasteiger partial charge on any atom is -0.335 e. The largest absolute Gasteiger partial charge is 0.335 e. The molecule has 1 aromatic heterocycles. The van der Waals surface area contributed by atoms with E-state index in [0.717, 1.165) is 11.1 Å². The van der Waals surface area contributed by atoms with E-state index in [1.807, 2.05) is 38.1 Å². The minimum absolute atomic E-state index is 0.0805. The lowest BCUT2D eigenvalue weighted by molar-refractivity contribution is 0.0650. The van der Waals surface area contributed by atoms with Crippen molar-refractivity contribution in [3.8, 4) is 11.1 Å². The third-order valence-electron chi connectivity index (χ3n) is 6.44. The van der Waals surface area contributed by atoms with E-state index in [4.69, 9.17) is 6.57 Å². The van der Waals surface area contributed by atoms with E-state index in [0.29, 0.717) is 48.2 Å². The summed E-state index contributed by atoms with van der Waals surface area (Å²) in [5.74, 6) is -0.618. The summed E-state index contributed by atoms with van der Waals surface area (Å²) in [6, 6.07) is 11.8. The Hall–Kier alpha value is -3.99. The van der Waals surface area contributed by atoms with Crippen molar-refractivity contribution in [2.75, 3.05) is 40.3 Å². The average Bonchev–Trinajstić information content (AvgIpc) is 2.87. The van der Waals surface area contributed by atoms with E-state index in [2.05, 4.69) is 9.83 Å². The number of carbonyl (C=O) groups excluding carboxylic acids is 2. The first-order valence-electron chi connectivity index (χ1n) is 11.5. The molecule has 2 aromatic carbocycles. The van der Waals surface area contributed by atoms with Gasteiger partial charge in [0.15, 0.2) is 0 Å². The van der Waals surface area contributed by atoms with Crippen LogP contribution >= 0.6 is 0 Å². The molecule has 8 heteroatoms. The van der Waals surface area contributed by atoms with Crippen molar-refractivity contribution in [2.45, 2.75) is 19.4 Å². The number of urea groups is 1. The smallest absolute Gasteiger partial charge is 0.319 e. The highest BCUT2D eigenvalue weighted by molar-refractivity contribution is 6.08. The Morgan fingerprint density at radius 1 is 1.03 bits per heavy atom. The molecule has 0 unspecified atom stereocenters. The van der Waals surface area contributed by atoms with Gasteiger partial charge in [-0.3, -0.25) is 9.78 Å². The van der Waals surface area contributed by atoms with Gasteiger partial charge in [0.1, 0.15) is 5.82 Å². The van der Waals surface area contributed by atoms with Gasteiger partial charge in [-0.25, -0.2) is 15.8 Å². The fourth-order valence-corrected chi connectivity index (χ4v) is 4.30. The van der Waals surface area contributed by atoms with Gasteiger partial charge in [0.2, 0.25) is 0 Å². The van der Waals surface area contributed by atoms with Crippen molar-refractivity contribution in [1.29, 1.82) is 0 Å². The van der Waals surface area contributed by atoms with Gasteiger partial charge in [0.05, 0.1) is 11.1 Å². The van der Waals surface area contributed by atoms with Crippen LogP contribution in [0.1, 0.15) is 29.8 Å².